The summed E-state index contributed by atoms with van der Waals surface area (Å²) in [7, 11) is 1.67. The third-order valence-electron chi connectivity index (χ3n) is 3.61. The number of aryl methyl sites for hydroxylation is 2. The first-order valence-electron chi connectivity index (χ1n) is 6.49. The summed E-state index contributed by atoms with van der Waals surface area (Å²) in [6.07, 6.45) is 1.53. The topological polar surface area (TPSA) is 70.7 Å². The monoisotopic (exact) mass is 276 g/mol. The van der Waals surface area contributed by atoms with Crippen LogP contribution in [0.4, 0.5) is 0 Å². The second-order valence-electron chi connectivity index (χ2n) is 5.67. The molecule has 0 aliphatic heterocycles. The summed E-state index contributed by atoms with van der Waals surface area (Å²) in [6.45, 7) is 7.31. The molecule has 20 heavy (non-hydrogen) atoms. The molecule has 0 spiro atoms. The van der Waals surface area contributed by atoms with E-state index in [4.69, 9.17) is 0 Å². The van der Waals surface area contributed by atoms with Crippen molar-refractivity contribution in [2.45, 2.75) is 33.2 Å². The number of aliphatic hydroxyl groups excluding tert-OH is 1. The first-order chi connectivity index (χ1) is 9.27. The number of aliphatic hydroxyl groups is 1. The predicted molar refractivity (Wildman–Crippen MR) is 75.7 cm³/mol. The summed E-state index contributed by atoms with van der Waals surface area (Å²) in [6, 6.07) is 1.91. The number of fused-ring (bicyclic) bond motifs is 1. The highest BCUT2D eigenvalue weighted by molar-refractivity contribution is 5.99. The van der Waals surface area contributed by atoms with Crippen LogP contribution in [0.1, 0.15) is 35.6 Å². The van der Waals surface area contributed by atoms with Gasteiger partial charge >= 0.3 is 0 Å². The molecule has 0 saturated heterocycles. The van der Waals surface area contributed by atoms with Gasteiger partial charge in [-0.3, -0.25) is 4.79 Å². The molecule has 6 nitrogen and oxygen atoms in total. The number of aromatic nitrogens is 3. The van der Waals surface area contributed by atoms with Gasteiger partial charge in [0.25, 0.3) is 5.91 Å². The van der Waals surface area contributed by atoms with E-state index in [9.17, 15) is 9.90 Å². The van der Waals surface area contributed by atoms with Gasteiger partial charge in [-0.2, -0.15) is 5.10 Å². The fourth-order valence-corrected chi connectivity index (χ4v) is 1.98. The highest BCUT2D eigenvalue weighted by atomic mass is 16.3. The van der Waals surface area contributed by atoms with Crippen LogP contribution in [0.3, 0.4) is 0 Å². The Labute approximate surface area is 118 Å². The average Bonchev–Trinajstić information content (AvgIpc) is 2.80. The van der Waals surface area contributed by atoms with Crippen LogP contribution < -0.4 is 0 Å². The Morgan fingerprint density at radius 3 is 2.70 bits per heavy atom. The lowest BCUT2D eigenvalue weighted by molar-refractivity contribution is 0.0475. The number of nitrogens with zero attached hydrogens (tertiary/aromatic N) is 4. The Bertz CT molecular complexity index is 660. The summed E-state index contributed by atoms with van der Waals surface area (Å²) in [5.74, 6) is -0.198. The van der Waals surface area contributed by atoms with E-state index >= 15 is 0 Å². The molecule has 0 bridgehead atoms. The molecule has 6 heteroatoms. The molecular weight excluding hydrogens is 256 g/mol. The molecule has 0 aliphatic carbocycles. The molecule has 0 radical (unpaired) electrons. The largest absolute Gasteiger partial charge is 0.394 e. The molecule has 108 valence electrons. The molecule has 2 aromatic heterocycles. The fourth-order valence-electron chi connectivity index (χ4n) is 1.98. The van der Waals surface area contributed by atoms with Crippen molar-refractivity contribution in [3.63, 3.8) is 0 Å². The summed E-state index contributed by atoms with van der Waals surface area (Å²) in [5, 5.41) is 13.6. The Morgan fingerprint density at radius 1 is 1.45 bits per heavy atom. The standard InChI is InChI=1S/C14H20N4O2/c1-9-6-10(2)18-12(16-9)11(7-15-18)13(20)17(5)14(3,4)8-19/h6-7,19H,8H2,1-5H3. The van der Waals surface area contributed by atoms with Crippen LogP contribution in [0.2, 0.25) is 0 Å². The van der Waals surface area contributed by atoms with Gasteiger partial charge in [0.15, 0.2) is 5.65 Å². The Hall–Kier alpha value is -1.95. The summed E-state index contributed by atoms with van der Waals surface area (Å²) in [5.41, 5.74) is 2.13. The van der Waals surface area contributed by atoms with Gasteiger partial charge in [0.05, 0.1) is 18.3 Å². The van der Waals surface area contributed by atoms with Gasteiger partial charge in [-0.05, 0) is 33.8 Å². The van der Waals surface area contributed by atoms with Crippen molar-refractivity contribution < 1.29 is 9.90 Å². The van der Waals surface area contributed by atoms with Gasteiger partial charge < -0.3 is 10.0 Å². The Morgan fingerprint density at radius 2 is 2.10 bits per heavy atom. The van der Waals surface area contributed by atoms with Gasteiger partial charge in [0, 0.05) is 18.4 Å². The number of hydrogen-bond acceptors (Lipinski definition) is 4. The molecule has 2 aromatic rings. The van der Waals surface area contributed by atoms with Crippen LogP contribution in [0.15, 0.2) is 12.3 Å². The van der Waals surface area contributed by atoms with Crippen LogP contribution in [0.25, 0.3) is 5.65 Å². The van der Waals surface area contributed by atoms with Crippen molar-refractivity contribution in [3.05, 3.63) is 29.2 Å². The summed E-state index contributed by atoms with van der Waals surface area (Å²) in [4.78, 5) is 18.5. The van der Waals surface area contributed by atoms with Crippen LogP contribution in [0.5, 0.6) is 0 Å². The van der Waals surface area contributed by atoms with Crippen molar-refractivity contribution in [2.24, 2.45) is 0 Å². The number of carbonyl (C=O) groups excluding carboxylic acids is 1. The third kappa shape index (κ3) is 2.27. The molecule has 0 atom stereocenters. The SMILES string of the molecule is Cc1cc(C)n2ncc(C(=O)N(C)C(C)(C)CO)c2n1. The number of carbonyl (C=O) groups is 1. The average molecular weight is 276 g/mol. The molecule has 1 N–H and O–H groups in total. The van der Waals surface area contributed by atoms with Crippen LogP contribution in [-0.4, -0.2) is 49.7 Å². The van der Waals surface area contributed by atoms with Crippen LogP contribution in [-0.2, 0) is 0 Å². The zero-order chi connectivity index (χ0) is 15.1. The molecule has 0 aromatic carbocycles. The molecular formula is C14H20N4O2. The van der Waals surface area contributed by atoms with E-state index in [1.165, 1.54) is 11.1 Å². The minimum Gasteiger partial charge on any atom is -0.394 e. The lowest BCUT2D eigenvalue weighted by Gasteiger charge is -2.33. The van der Waals surface area contributed by atoms with E-state index in [0.29, 0.717) is 11.2 Å². The summed E-state index contributed by atoms with van der Waals surface area (Å²) < 4.78 is 1.65. The maximum absolute atomic E-state index is 12.6. The third-order valence-corrected chi connectivity index (χ3v) is 3.61. The second kappa shape index (κ2) is 4.86. The lowest BCUT2D eigenvalue weighted by atomic mass is 10.0. The molecule has 2 heterocycles. The van der Waals surface area contributed by atoms with E-state index < -0.39 is 5.54 Å². The second-order valence-corrected chi connectivity index (χ2v) is 5.67. The van der Waals surface area contributed by atoms with Gasteiger partial charge in [-0.1, -0.05) is 0 Å². The zero-order valence-electron chi connectivity index (χ0n) is 12.5. The number of likely N-dealkylation sites (N-methyl/N-ethyl adjacent to an activating group) is 1. The normalized spacial score (nSPS) is 11.9. The lowest BCUT2D eigenvalue weighted by Crippen LogP contribution is -2.47. The van der Waals surface area contributed by atoms with Crippen molar-refractivity contribution in [1.82, 2.24) is 19.5 Å². The minimum atomic E-state index is -0.635. The van der Waals surface area contributed by atoms with Crippen LogP contribution in [0, 0.1) is 13.8 Å². The Kier molecular flexibility index (Phi) is 3.52. The maximum Gasteiger partial charge on any atom is 0.259 e. The van der Waals surface area contributed by atoms with Crippen LogP contribution >= 0.6 is 0 Å². The first kappa shape index (κ1) is 14.5. The van der Waals surface area contributed by atoms with Crippen molar-refractivity contribution >= 4 is 11.6 Å². The van der Waals surface area contributed by atoms with E-state index in [1.807, 2.05) is 19.9 Å². The van der Waals surface area contributed by atoms with Gasteiger partial charge in [-0.15, -0.1) is 0 Å². The zero-order valence-corrected chi connectivity index (χ0v) is 12.5. The number of amides is 1. The van der Waals surface area contributed by atoms with Gasteiger partial charge in [-0.25, -0.2) is 9.50 Å². The molecule has 0 aliphatic rings. The highest BCUT2D eigenvalue weighted by Crippen LogP contribution is 2.18. The molecule has 0 fully saturated rings. The van der Waals surface area contributed by atoms with E-state index in [-0.39, 0.29) is 12.5 Å². The smallest absolute Gasteiger partial charge is 0.259 e. The molecule has 0 unspecified atom stereocenters. The van der Waals surface area contributed by atoms with Crippen molar-refractivity contribution in [2.75, 3.05) is 13.7 Å². The van der Waals surface area contributed by atoms with E-state index in [1.54, 1.807) is 25.4 Å². The highest BCUT2D eigenvalue weighted by Gasteiger charge is 2.29. The number of hydrogen-bond donors (Lipinski definition) is 1. The maximum atomic E-state index is 12.6. The van der Waals surface area contributed by atoms with Crippen molar-refractivity contribution in [1.29, 1.82) is 0 Å². The van der Waals surface area contributed by atoms with Crippen molar-refractivity contribution in [3.8, 4) is 0 Å². The van der Waals surface area contributed by atoms with E-state index in [0.717, 1.165) is 11.4 Å². The summed E-state index contributed by atoms with van der Waals surface area (Å²) >= 11 is 0. The minimum absolute atomic E-state index is 0.111. The quantitative estimate of drug-likeness (QED) is 0.914. The fraction of sp³-hybridized carbons (Fsp3) is 0.500. The molecule has 1 amide bonds. The predicted octanol–water partition coefficient (Wildman–Crippen LogP) is 1.19. The van der Waals surface area contributed by atoms with Gasteiger partial charge in [0.1, 0.15) is 5.56 Å². The van der Waals surface area contributed by atoms with Gasteiger partial charge in [0.2, 0.25) is 0 Å². The molecule has 2 rings (SSSR count). The number of rotatable bonds is 3. The molecule has 0 saturated carbocycles. The van der Waals surface area contributed by atoms with E-state index in [2.05, 4.69) is 10.1 Å². The first-order valence-corrected chi connectivity index (χ1v) is 6.49. The Balaban J connectivity index is 2.51.